The first-order valence-electron chi connectivity index (χ1n) is 7.81. The number of carbonyl (C=O) groups is 1. The largest absolute Gasteiger partial charge is 0.338 e. The maximum atomic E-state index is 12.6. The summed E-state index contributed by atoms with van der Waals surface area (Å²) in [5, 5.41) is 0. The predicted molar refractivity (Wildman–Crippen MR) is 89.5 cm³/mol. The van der Waals surface area contributed by atoms with Crippen LogP contribution in [0.4, 0.5) is 0 Å². The quantitative estimate of drug-likeness (QED) is 0.849. The lowest BCUT2D eigenvalue weighted by molar-refractivity contribution is 0.0704. The average molecular weight is 345 g/mol. The van der Waals surface area contributed by atoms with Crippen LogP contribution in [-0.4, -0.2) is 48.5 Å². The molecule has 0 radical (unpaired) electrons. The highest BCUT2D eigenvalue weighted by Gasteiger charge is 2.29. The van der Waals surface area contributed by atoms with Gasteiger partial charge >= 0.3 is 0 Å². The van der Waals surface area contributed by atoms with E-state index in [9.17, 15) is 13.2 Å². The van der Waals surface area contributed by atoms with Gasteiger partial charge in [-0.3, -0.25) is 14.8 Å². The summed E-state index contributed by atoms with van der Waals surface area (Å²) in [6.07, 6.45) is 7.60. The third-order valence-corrected chi connectivity index (χ3v) is 5.35. The molecule has 1 aliphatic heterocycles. The van der Waals surface area contributed by atoms with Gasteiger partial charge in [-0.25, -0.2) is 8.42 Å². The first-order valence-corrected chi connectivity index (χ1v) is 9.70. The van der Waals surface area contributed by atoms with E-state index in [1.807, 2.05) is 0 Å². The van der Waals surface area contributed by atoms with Crippen LogP contribution in [-0.2, 0) is 9.84 Å². The smallest absolute Gasteiger partial charge is 0.255 e. The van der Waals surface area contributed by atoms with Gasteiger partial charge in [0, 0.05) is 43.9 Å². The summed E-state index contributed by atoms with van der Waals surface area (Å²) in [6, 6.07) is 6.68. The number of likely N-dealkylation sites (tertiary alicyclic amines) is 1. The van der Waals surface area contributed by atoms with Crippen molar-refractivity contribution in [3.05, 3.63) is 54.1 Å². The molecule has 0 saturated carbocycles. The number of sulfone groups is 1. The Bertz CT molecular complexity index is 837. The molecule has 1 aliphatic rings. The van der Waals surface area contributed by atoms with Gasteiger partial charge in [0.2, 0.25) is 0 Å². The molecule has 2 aromatic heterocycles. The van der Waals surface area contributed by atoms with Gasteiger partial charge < -0.3 is 4.90 Å². The van der Waals surface area contributed by atoms with E-state index in [0.29, 0.717) is 24.3 Å². The minimum Gasteiger partial charge on any atom is -0.338 e. The van der Waals surface area contributed by atoms with Crippen LogP contribution in [0.5, 0.6) is 0 Å². The molecule has 2 aromatic rings. The van der Waals surface area contributed by atoms with Crippen molar-refractivity contribution in [3.8, 4) is 0 Å². The van der Waals surface area contributed by atoms with Crippen molar-refractivity contribution in [2.75, 3.05) is 19.3 Å². The summed E-state index contributed by atoms with van der Waals surface area (Å²) < 4.78 is 24.0. The fourth-order valence-electron chi connectivity index (χ4n) is 3.08. The van der Waals surface area contributed by atoms with Crippen molar-refractivity contribution >= 4 is 15.7 Å². The van der Waals surface area contributed by atoms with Gasteiger partial charge in [-0.2, -0.15) is 0 Å². The van der Waals surface area contributed by atoms with Gasteiger partial charge in [-0.05, 0) is 37.1 Å². The van der Waals surface area contributed by atoms with Crippen molar-refractivity contribution in [3.63, 3.8) is 0 Å². The summed E-state index contributed by atoms with van der Waals surface area (Å²) in [5.74, 6) is -0.157. The second kappa shape index (κ2) is 6.68. The Balaban J connectivity index is 1.86. The van der Waals surface area contributed by atoms with Gasteiger partial charge in [0.05, 0.1) is 16.2 Å². The predicted octanol–water partition coefficient (Wildman–Crippen LogP) is 1.90. The molecule has 0 aliphatic carbocycles. The topological polar surface area (TPSA) is 80.2 Å². The van der Waals surface area contributed by atoms with E-state index in [-0.39, 0.29) is 16.7 Å². The van der Waals surface area contributed by atoms with E-state index >= 15 is 0 Å². The summed E-state index contributed by atoms with van der Waals surface area (Å²) in [4.78, 5) is 22.9. The number of rotatable bonds is 3. The molecule has 3 rings (SSSR count). The molecule has 1 amide bonds. The molecular weight excluding hydrogens is 326 g/mol. The number of amides is 1. The van der Waals surface area contributed by atoms with Crippen LogP contribution in [0.1, 0.15) is 34.8 Å². The van der Waals surface area contributed by atoms with Crippen LogP contribution < -0.4 is 0 Å². The summed E-state index contributed by atoms with van der Waals surface area (Å²) in [6.45, 7) is 1.12. The molecule has 1 saturated heterocycles. The molecule has 6 nitrogen and oxygen atoms in total. The molecule has 0 spiro atoms. The molecule has 7 heteroatoms. The van der Waals surface area contributed by atoms with E-state index in [0.717, 1.165) is 12.8 Å². The standard InChI is InChI=1S/C17H19N3O3S/c1-24(22,23)15-7-3-9-19-16(15)14-6-4-10-20(12-14)17(21)13-5-2-8-18-11-13/h2-3,5,7-9,11,14H,4,6,10,12H2,1H3. The number of hydrogen-bond acceptors (Lipinski definition) is 5. The molecule has 1 fully saturated rings. The van der Waals surface area contributed by atoms with Crippen molar-refractivity contribution in [1.82, 2.24) is 14.9 Å². The normalized spacial score (nSPS) is 18.4. The maximum Gasteiger partial charge on any atom is 0.255 e. The summed E-state index contributed by atoms with van der Waals surface area (Å²) >= 11 is 0. The van der Waals surface area contributed by atoms with E-state index in [1.54, 1.807) is 47.8 Å². The molecule has 1 atom stereocenters. The highest BCUT2D eigenvalue weighted by molar-refractivity contribution is 7.90. The van der Waals surface area contributed by atoms with Crippen LogP contribution in [0.25, 0.3) is 0 Å². The molecule has 1 unspecified atom stereocenters. The minimum absolute atomic E-state index is 0.0784. The molecule has 0 aromatic carbocycles. The Morgan fingerprint density at radius 1 is 1.25 bits per heavy atom. The van der Waals surface area contributed by atoms with E-state index < -0.39 is 9.84 Å². The molecule has 24 heavy (non-hydrogen) atoms. The highest BCUT2D eigenvalue weighted by Crippen LogP contribution is 2.30. The van der Waals surface area contributed by atoms with Crippen LogP contribution in [0, 0.1) is 0 Å². The Hall–Kier alpha value is -2.28. The first kappa shape index (κ1) is 16.6. The van der Waals surface area contributed by atoms with Gasteiger partial charge in [0.25, 0.3) is 5.91 Å². The molecule has 0 bridgehead atoms. The van der Waals surface area contributed by atoms with Crippen LogP contribution in [0.15, 0.2) is 47.8 Å². The van der Waals surface area contributed by atoms with Gasteiger partial charge in [-0.1, -0.05) is 0 Å². The number of hydrogen-bond donors (Lipinski definition) is 0. The van der Waals surface area contributed by atoms with Crippen molar-refractivity contribution < 1.29 is 13.2 Å². The number of aromatic nitrogens is 2. The lowest BCUT2D eigenvalue weighted by atomic mass is 9.94. The molecule has 3 heterocycles. The monoisotopic (exact) mass is 345 g/mol. The van der Waals surface area contributed by atoms with Crippen molar-refractivity contribution in [1.29, 1.82) is 0 Å². The zero-order valence-corrected chi connectivity index (χ0v) is 14.2. The average Bonchev–Trinajstić information content (AvgIpc) is 2.61. The van der Waals surface area contributed by atoms with Gasteiger partial charge in [0.1, 0.15) is 0 Å². The summed E-state index contributed by atoms with van der Waals surface area (Å²) in [7, 11) is -3.35. The highest BCUT2D eigenvalue weighted by atomic mass is 32.2. The zero-order valence-electron chi connectivity index (χ0n) is 13.4. The number of pyridine rings is 2. The van der Waals surface area contributed by atoms with Crippen LogP contribution >= 0.6 is 0 Å². The van der Waals surface area contributed by atoms with E-state index in [2.05, 4.69) is 9.97 Å². The maximum absolute atomic E-state index is 12.6. The second-order valence-corrected chi connectivity index (χ2v) is 7.98. The first-order chi connectivity index (χ1) is 11.5. The lowest BCUT2D eigenvalue weighted by Crippen LogP contribution is -2.39. The van der Waals surface area contributed by atoms with E-state index in [4.69, 9.17) is 0 Å². The Kier molecular flexibility index (Phi) is 4.62. The molecular formula is C17H19N3O3S. The van der Waals surface area contributed by atoms with Crippen LogP contribution in [0.2, 0.25) is 0 Å². The number of piperidine rings is 1. The zero-order chi connectivity index (χ0) is 17.2. The lowest BCUT2D eigenvalue weighted by Gasteiger charge is -2.33. The Morgan fingerprint density at radius 2 is 2.04 bits per heavy atom. The van der Waals surface area contributed by atoms with Gasteiger partial charge in [-0.15, -0.1) is 0 Å². The fraction of sp³-hybridized carbons (Fsp3) is 0.353. The van der Waals surface area contributed by atoms with Crippen molar-refractivity contribution in [2.24, 2.45) is 0 Å². The fourth-order valence-corrected chi connectivity index (χ4v) is 4.00. The Labute approximate surface area is 141 Å². The van der Waals surface area contributed by atoms with E-state index in [1.165, 1.54) is 6.26 Å². The number of nitrogens with zero attached hydrogens (tertiary/aromatic N) is 3. The van der Waals surface area contributed by atoms with Gasteiger partial charge in [0.15, 0.2) is 9.84 Å². The molecule has 126 valence electrons. The van der Waals surface area contributed by atoms with Crippen molar-refractivity contribution in [2.45, 2.75) is 23.7 Å². The van der Waals surface area contributed by atoms with Crippen LogP contribution in [0.3, 0.4) is 0 Å². The third kappa shape index (κ3) is 3.46. The Morgan fingerprint density at radius 3 is 2.75 bits per heavy atom. The number of carbonyl (C=O) groups excluding carboxylic acids is 1. The molecule has 0 N–H and O–H groups in total. The SMILES string of the molecule is CS(=O)(=O)c1cccnc1C1CCCN(C(=O)c2cccnc2)C1. The summed E-state index contributed by atoms with van der Waals surface area (Å²) in [5.41, 5.74) is 1.10. The second-order valence-electron chi connectivity index (χ2n) is 5.99. The third-order valence-electron chi connectivity index (χ3n) is 4.20. The minimum atomic E-state index is -3.35.